The summed E-state index contributed by atoms with van der Waals surface area (Å²) < 4.78 is 5.64. The molecule has 0 spiro atoms. The van der Waals surface area contributed by atoms with Crippen LogP contribution in [0, 0.1) is 5.92 Å². The second-order valence-corrected chi connectivity index (χ2v) is 10.9. The van der Waals surface area contributed by atoms with Crippen LogP contribution in [0.15, 0.2) is 90.4 Å². The predicted octanol–water partition coefficient (Wildman–Crippen LogP) is 6.18. The number of carbonyl (C=O) groups is 1. The van der Waals surface area contributed by atoms with Gasteiger partial charge in [-0.15, -0.1) is 0 Å². The van der Waals surface area contributed by atoms with Crippen LogP contribution in [0.25, 0.3) is 6.08 Å². The molecule has 2 aliphatic heterocycles. The molecule has 184 valence electrons. The number of nitrogens with zero attached hydrogens (tertiary/aromatic N) is 2. The molecule has 0 radical (unpaired) electrons. The van der Waals surface area contributed by atoms with E-state index in [1.165, 1.54) is 27.7 Å². The van der Waals surface area contributed by atoms with E-state index in [9.17, 15) is 4.79 Å². The minimum atomic E-state index is -0.472. The molecule has 0 unspecified atom stereocenters. The third-order valence-corrected chi connectivity index (χ3v) is 7.12. The molecule has 0 saturated carbocycles. The van der Waals surface area contributed by atoms with Gasteiger partial charge in [-0.2, -0.15) is 0 Å². The summed E-state index contributed by atoms with van der Waals surface area (Å²) in [4.78, 5) is 17.1. The first kappa shape index (κ1) is 24.2. The largest absolute Gasteiger partial charge is 0.444 e. The van der Waals surface area contributed by atoms with Crippen molar-refractivity contribution in [3.8, 4) is 0 Å². The molecular weight excluding hydrogens is 443 g/mol. The van der Waals surface area contributed by atoms with E-state index < -0.39 is 5.60 Å². The normalized spacial score (nSPS) is 16.4. The van der Waals surface area contributed by atoms with Gasteiger partial charge >= 0.3 is 12.9 Å². The van der Waals surface area contributed by atoms with E-state index in [0.29, 0.717) is 5.92 Å². The van der Waals surface area contributed by atoms with Gasteiger partial charge in [0.25, 0.3) is 0 Å². The number of hydrogen-bond acceptors (Lipinski definition) is 3. The van der Waals surface area contributed by atoms with Gasteiger partial charge in [-0.1, -0.05) is 95.9 Å². The monoisotopic (exact) mass is 478 g/mol. The molecule has 3 aromatic carbocycles. The van der Waals surface area contributed by atoms with Crippen molar-refractivity contribution in [1.29, 1.82) is 0 Å². The zero-order valence-corrected chi connectivity index (χ0v) is 21.6. The molecule has 0 aromatic heterocycles. The standard InChI is InChI=1S/C31H35BN2O2/c1-31(2,3)36-30(35)33-20-18-25(19-21-33)28-22-26-14-10-11-17-29(26)34(23-24-12-6-4-7-13-24)32(28)27-15-8-5-9-16-27/h4-17,22,25H,18-21,23H2,1-3H3. The van der Waals surface area contributed by atoms with Crippen LogP contribution in [0.5, 0.6) is 0 Å². The first-order chi connectivity index (χ1) is 17.4. The lowest BCUT2D eigenvalue weighted by Crippen LogP contribution is -2.54. The summed E-state index contributed by atoms with van der Waals surface area (Å²) in [6.07, 6.45) is 4.10. The molecule has 0 atom stereocenters. The van der Waals surface area contributed by atoms with Crippen molar-refractivity contribution >= 4 is 30.2 Å². The Morgan fingerprint density at radius 3 is 2.17 bits per heavy atom. The first-order valence-corrected chi connectivity index (χ1v) is 13.0. The van der Waals surface area contributed by atoms with Gasteiger partial charge < -0.3 is 14.4 Å². The molecule has 1 fully saturated rings. The van der Waals surface area contributed by atoms with Crippen molar-refractivity contribution in [3.63, 3.8) is 0 Å². The van der Waals surface area contributed by atoms with Crippen LogP contribution < -0.4 is 10.3 Å². The number of ether oxygens (including phenoxy) is 1. The Hall–Kier alpha value is -3.47. The molecule has 1 amide bonds. The van der Waals surface area contributed by atoms with E-state index in [-0.39, 0.29) is 12.9 Å². The van der Waals surface area contributed by atoms with Crippen molar-refractivity contribution < 1.29 is 9.53 Å². The number of hydrogen-bond donors (Lipinski definition) is 0. The highest BCUT2D eigenvalue weighted by Crippen LogP contribution is 2.38. The Morgan fingerprint density at radius 1 is 0.889 bits per heavy atom. The first-order valence-electron chi connectivity index (χ1n) is 13.0. The van der Waals surface area contributed by atoms with Gasteiger partial charge in [-0.25, -0.2) is 4.79 Å². The Balaban J connectivity index is 1.48. The number of carbonyl (C=O) groups excluding carboxylic acids is 1. The van der Waals surface area contributed by atoms with Crippen LogP contribution in [0.4, 0.5) is 10.5 Å². The SMILES string of the molecule is CC(C)(C)OC(=O)N1CCC(C2=Cc3ccccc3N(Cc3ccccc3)B2c2ccccc2)CC1. The number of para-hydroxylation sites is 1. The fourth-order valence-electron chi connectivity index (χ4n) is 5.48. The van der Waals surface area contributed by atoms with Gasteiger partial charge in [-0.05, 0) is 56.7 Å². The fraction of sp³-hybridized carbons (Fsp3) is 0.323. The lowest BCUT2D eigenvalue weighted by Gasteiger charge is -2.42. The number of likely N-dealkylation sites (tertiary alicyclic amines) is 1. The molecule has 0 N–H and O–H groups in total. The fourth-order valence-corrected chi connectivity index (χ4v) is 5.48. The van der Waals surface area contributed by atoms with Crippen LogP contribution in [-0.4, -0.2) is 36.5 Å². The van der Waals surface area contributed by atoms with Gasteiger partial charge in [0, 0.05) is 25.3 Å². The number of rotatable bonds is 4. The molecule has 5 rings (SSSR count). The summed E-state index contributed by atoms with van der Waals surface area (Å²) in [7, 11) is 0. The number of fused-ring (bicyclic) bond motifs is 1. The molecule has 36 heavy (non-hydrogen) atoms. The third kappa shape index (κ3) is 5.35. The smallest absolute Gasteiger partial charge is 0.410 e. The predicted molar refractivity (Wildman–Crippen MR) is 149 cm³/mol. The topological polar surface area (TPSA) is 32.8 Å². The number of allylic oxidation sites excluding steroid dienone is 1. The van der Waals surface area contributed by atoms with Gasteiger partial charge in [0.05, 0.1) is 0 Å². The number of amides is 1. The van der Waals surface area contributed by atoms with Crippen LogP contribution >= 0.6 is 0 Å². The summed E-state index contributed by atoms with van der Waals surface area (Å²) in [5, 5.41) is 0. The van der Waals surface area contributed by atoms with Gasteiger partial charge in [0.15, 0.2) is 0 Å². The quantitative estimate of drug-likeness (QED) is 0.420. The highest BCUT2D eigenvalue weighted by atomic mass is 16.6. The highest BCUT2D eigenvalue weighted by Gasteiger charge is 2.39. The van der Waals surface area contributed by atoms with Crippen molar-refractivity contribution in [2.45, 2.75) is 45.8 Å². The molecule has 1 saturated heterocycles. The summed E-state index contributed by atoms with van der Waals surface area (Å²) >= 11 is 0. The van der Waals surface area contributed by atoms with E-state index in [0.717, 1.165) is 32.5 Å². The van der Waals surface area contributed by atoms with Gasteiger partial charge in [0.2, 0.25) is 0 Å². The zero-order chi connectivity index (χ0) is 25.1. The average molecular weight is 478 g/mol. The molecule has 5 heteroatoms. The van der Waals surface area contributed by atoms with E-state index in [1.807, 2.05) is 25.7 Å². The van der Waals surface area contributed by atoms with Crippen molar-refractivity contribution in [1.82, 2.24) is 4.90 Å². The molecular formula is C31H35BN2O2. The Kier molecular flexibility index (Phi) is 6.91. The Labute approximate surface area is 215 Å². The van der Waals surface area contributed by atoms with E-state index in [4.69, 9.17) is 4.74 Å². The summed E-state index contributed by atoms with van der Waals surface area (Å²) in [5.41, 5.74) is 6.12. The van der Waals surface area contributed by atoms with Crippen LogP contribution in [0.2, 0.25) is 0 Å². The average Bonchev–Trinajstić information content (AvgIpc) is 2.89. The van der Waals surface area contributed by atoms with E-state index in [2.05, 4.69) is 95.8 Å². The molecule has 2 aliphatic rings. The minimum Gasteiger partial charge on any atom is -0.444 e. The summed E-state index contributed by atoms with van der Waals surface area (Å²) in [6.45, 7) is 8.21. The van der Waals surface area contributed by atoms with Crippen molar-refractivity contribution in [3.05, 3.63) is 102 Å². The van der Waals surface area contributed by atoms with Crippen LogP contribution in [-0.2, 0) is 11.3 Å². The summed E-state index contributed by atoms with van der Waals surface area (Å²) in [5.74, 6) is 0.403. The number of anilines is 1. The van der Waals surface area contributed by atoms with Gasteiger partial charge in [0.1, 0.15) is 5.60 Å². The van der Waals surface area contributed by atoms with Crippen LogP contribution in [0.3, 0.4) is 0 Å². The zero-order valence-electron chi connectivity index (χ0n) is 21.6. The Morgan fingerprint density at radius 2 is 1.50 bits per heavy atom. The minimum absolute atomic E-state index is 0.152. The maximum Gasteiger partial charge on any atom is 0.410 e. The molecule has 3 aromatic rings. The molecule has 0 aliphatic carbocycles. The van der Waals surface area contributed by atoms with Crippen molar-refractivity contribution in [2.24, 2.45) is 5.92 Å². The molecule has 2 heterocycles. The lowest BCUT2D eigenvalue weighted by molar-refractivity contribution is 0.0196. The lowest BCUT2D eigenvalue weighted by atomic mass is 9.43. The maximum atomic E-state index is 12.7. The van der Waals surface area contributed by atoms with E-state index >= 15 is 0 Å². The third-order valence-electron chi connectivity index (χ3n) is 7.12. The highest BCUT2D eigenvalue weighted by molar-refractivity contribution is 6.84. The van der Waals surface area contributed by atoms with Crippen LogP contribution in [0.1, 0.15) is 44.7 Å². The molecule has 4 nitrogen and oxygen atoms in total. The summed E-state index contributed by atoms with van der Waals surface area (Å²) in [6, 6.07) is 30.3. The number of benzene rings is 3. The maximum absolute atomic E-state index is 12.7. The van der Waals surface area contributed by atoms with Gasteiger partial charge in [-0.3, -0.25) is 0 Å². The molecule has 0 bridgehead atoms. The Bertz CT molecular complexity index is 1210. The number of piperidine rings is 1. The second kappa shape index (κ2) is 10.3. The van der Waals surface area contributed by atoms with E-state index in [1.54, 1.807) is 0 Å². The van der Waals surface area contributed by atoms with Crippen molar-refractivity contribution in [2.75, 3.05) is 17.9 Å². The second-order valence-electron chi connectivity index (χ2n) is 10.9.